The number of piperidine rings is 1. The Morgan fingerprint density at radius 2 is 1.94 bits per heavy atom. The molecule has 7 heteroatoms. The van der Waals surface area contributed by atoms with E-state index in [9.17, 15) is 0 Å². The molecule has 3 aromatic rings. The summed E-state index contributed by atoms with van der Waals surface area (Å²) in [6.07, 6.45) is 7.20. The summed E-state index contributed by atoms with van der Waals surface area (Å²) in [6, 6.07) is 16.2. The molecule has 1 saturated heterocycles. The number of aromatic nitrogens is 2. The van der Waals surface area contributed by atoms with E-state index < -0.39 is 0 Å². The number of hydrogen-bond acceptors (Lipinski definition) is 4. The van der Waals surface area contributed by atoms with Crippen molar-refractivity contribution < 1.29 is 4.84 Å². The minimum atomic E-state index is 0.0470. The number of rotatable bonds is 10. The first-order valence-electron chi connectivity index (χ1n) is 13.1. The van der Waals surface area contributed by atoms with E-state index in [4.69, 9.17) is 17.1 Å². The Labute approximate surface area is 215 Å². The number of aromatic amines is 1. The quantitative estimate of drug-likeness (QED) is 0.183. The molecule has 1 aliphatic rings. The number of benzene rings is 2. The summed E-state index contributed by atoms with van der Waals surface area (Å²) in [5.41, 5.74) is 4.09. The van der Waals surface area contributed by atoms with Crippen molar-refractivity contribution in [1.82, 2.24) is 15.1 Å². The van der Waals surface area contributed by atoms with E-state index in [2.05, 4.69) is 53.3 Å². The highest BCUT2D eigenvalue weighted by Crippen LogP contribution is 2.33. The largest absolute Gasteiger partial charge is 0.331 e. The molecule has 1 aliphatic heterocycles. The Balaban J connectivity index is 1.46. The summed E-state index contributed by atoms with van der Waals surface area (Å²) < 4.78 is 0. The molecule has 188 valence electrons. The molecule has 0 radical (unpaired) electrons. The Morgan fingerprint density at radius 1 is 1.17 bits per heavy atom. The van der Waals surface area contributed by atoms with Crippen LogP contribution in [0.15, 0.2) is 48.5 Å². The summed E-state index contributed by atoms with van der Waals surface area (Å²) >= 11 is 5.78. The summed E-state index contributed by atoms with van der Waals surface area (Å²) in [6.45, 7) is 9.98. The lowest BCUT2D eigenvalue weighted by Crippen LogP contribution is -2.37. The number of H-pyrrole nitrogens is 1. The van der Waals surface area contributed by atoms with Gasteiger partial charge in [-0.3, -0.25) is 9.94 Å². The number of hydrogen-bond donors (Lipinski definition) is 2. The molecule has 0 bridgehead atoms. The summed E-state index contributed by atoms with van der Waals surface area (Å²) in [7, 11) is 0. The van der Waals surface area contributed by atoms with Gasteiger partial charge in [-0.15, -0.1) is 0 Å². The first kappa shape index (κ1) is 25.6. The number of fused-ring (bicyclic) bond motifs is 1. The zero-order valence-electron chi connectivity index (χ0n) is 21.3. The van der Waals surface area contributed by atoms with Crippen LogP contribution in [0.3, 0.4) is 0 Å². The molecule has 0 amide bonds. The average molecular weight is 494 g/mol. The number of anilines is 2. The van der Waals surface area contributed by atoms with Gasteiger partial charge in [-0.25, -0.2) is 0 Å². The van der Waals surface area contributed by atoms with Crippen LogP contribution in [0, 0.1) is 0 Å². The normalized spacial score (nSPS) is 15.9. The molecule has 6 nitrogen and oxygen atoms in total. The molecule has 0 aliphatic carbocycles. The van der Waals surface area contributed by atoms with Crippen molar-refractivity contribution in [2.24, 2.45) is 0 Å². The summed E-state index contributed by atoms with van der Waals surface area (Å²) in [5, 5.41) is 14.8. The van der Waals surface area contributed by atoms with Crippen LogP contribution in [0.25, 0.3) is 10.9 Å². The van der Waals surface area contributed by atoms with Crippen LogP contribution in [0.1, 0.15) is 70.9 Å². The fourth-order valence-electron chi connectivity index (χ4n) is 4.67. The maximum Gasteiger partial charge on any atom is 0.202 e. The second-order valence-corrected chi connectivity index (χ2v) is 9.96. The average Bonchev–Trinajstić information content (AvgIpc) is 3.31. The monoisotopic (exact) mass is 493 g/mol. The Morgan fingerprint density at radius 3 is 2.66 bits per heavy atom. The maximum absolute atomic E-state index is 6.16. The van der Waals surface area contributed by atoms with Crippen molar-refractivity contribution in [3.05, 3.63) is 54.2 Å². The number of likely N-dealkylation sites (tertiary alicyclic amines) is 1. The van der Waals surface area contributed by atoms with E-state index in [1.165, 1.54) is 49.7 Å². The number of nitrogens with one attached hydrogen (secondary N) is 2. The predicted molar refractivity (Wildman–Crippen MR) is 150 cm³/mol. The molecule has 1 aromatic heterocycles. The van der Waals surface area contributed by atoms with E-state index in [1.807, 2.05) is 36.4 Å². The first-order chi connectivity index (χ1) is 17.1. The highest BCUT2D eigenvalue weighted by molar-refractivity contribution is 7.80. The van der Waals surface area contributed by atoms with Gasteiger partial charge in [0.1, 0.15) is 0 Å². The lowest BCUT2D eigenvalue weighted by molar-refractivity contribution is 0.0709. The Bertz CT molecular complexity index is 1080. The number of hydroxylamine groups is 1. The van der Waals surface area contributed by atoms with Crippen molar-refractivity contribution in [2.75, 3.05) is 30.0 Å². The van der Waals surface area contributed by atoms with Crippen molar-refractivity contribution >= 4 is 39.6 Å². The van der Waals surface area contributed by atoms with E-state index in [0.29, 0.717) is 11.0 Å². The molecule has 1 fully saturated rings. The lowest BCUT2D eigenvalue weighted by atomic mass is 9.91. The molecule has 2 heterocycles. The van der Waals surface area contributed by atoms with E-state index in [-0.39, 0.29) is 6.10 Å². The van der Waals surface area contributed by atoms with Gasteiger partial charge in [0.25, 0.3) is 0 Å². The Hall–Kier alpha value is -2.48. The molecule has 35 heavy (non-hydrogen) atoms. The molecule has 1 unspecified atom stereocenters. The zero-order chi connectivity index (χ0) is 24.6. The van der Waals surface area contributed by atoms with Gasteiger partial charge in [0, 0.05) is 22.7 Å². The molecular formula is C28H39N5OS. The molecule has 4 rings (SSSR count). The van der Waals surface area contributed by atoms with E-state index >= 15 is 0 Å². The molecule has 0 saturated carbocycles. The molecule has 1 atom stereocenters. The van der Waals surface area contributed by atoms with Crippen LogP contribution >= 0.6 is 12.2 Å². The number of nitrogens with zero attached hydrogens (tertiary/aromatic N) is 3. The third kappa shape index (κ3) is 6.60. The van der Waals surface area contributed by atoms with Gasteiger partial charge in [0.2, 0.25) is 5.11 Å². The van der Waals surface area contributed by atoms with E-state index in [0.717, 1.165) is 36.4 Å². The smallest absolute Gasteiger partial charge is 0.202 e. The van der Waals surface area contributed by atoms with Gasteiger partial charge >= 0.3 is 0 Å². The van der Waals surface area contributed by atoms with Gasteiger partial charge in [-0.05, 0) is 94.8 Å². The van der Waals surface area contributed by atoms with Crippen LogP contribution in [0.4, 0.5) is 11.4 Å². The lowest BCUT2D eigenvalue weighted by Gasteiger charge is -2.31. The standard InChI is InChI=1S/C28H39N5OS/c1-4-6-10-17-32-18-15-22(16-19-32)27-25-20-23(13-14-26(25)30-31-27)29-28(35)33(34-21(3)5-2)24-11-8-7-9-12-24/h7-9,11-14,20-22H,4-6,10,15-19H2,1-3H3,(H,29,35)(H,30,31). The van der Waals surface area contributed by atoms with Crippen molar-refractivity contribution in [2.45, 2.75) is 71.3 Å². The van der Waals surface area contributed by atoms with Gasteiger partial charge < -0.3 is 10.2 Å². The third-order valence-electron chi connectivity index (χ3n) is 6.94. The minimum absolute atomic E-state index is 0.0470. The van der Waals surface area contributed by atoms with Gasteiger partial charge in [0.15, 0.2) is 0 Å². The predicted octanol–water partition coefficient (Wildman–Crippen LogP) is 6.87. The van der Waals surface area contributed by atoms with Crippen LogP contribution in [0.2, 0.25) is 0 Å². The maximum atomic E-state index is 6.16. The second kappa shape index (κ2) is 12.5. The zero-order valence-corrected chi connectivity index (χ0v) is 22.1. The molecule has 2 N–H and O–H groups in total. The fraction of sp³-hybridized carbons (Fsp3) is 0.500. The Kier molecular flexibility index (Phi) is 9.12. The van der Waals surface area contributed by atoms with Gasteiger partial charge in [-0.2, -0.15) is 10.2 Å². The van der Waals surface area contributed by atoms with Crippen LogP contribution in [-0.4, -0.2) is 45.9 Å². The number of unbranched alkanes of at least 4 members (excludes halogenated alkanes) is 2. The first-order valence-corrected chi connectivity index (χ1v) is 13.5. The number of thiocarbonyl (C=S) groups is 1. The summed E-state index contributed by atoms with van der Waals surface area (Å²) in [4.78, 5) is 8.78. The third-order valence-corrected chi connectivity index (χ3v) is 7.21. The molecule has 2 aromatic carbocycles. The highest BCUT2D eigenvalue weighted by Gasteiger charge is 2.24. The number of para-hydroxylation sites is 1. The van der Waals surface area contributed by atoms with Gasteiger partial charge in [-0.1, -0.05) is 44.9 Å². The van der Waals surface area contributed by atoms with Crippen LogP contribution in [0.5, 0.6) is 0 Å². The fourth-order valence-corrected chi connectivity index (χ4v) is 4.93. The molecule has 0 spiro atoms. The van der Waals surface area contributed by atoms with Crippen LogP contribution in [-0.2, 0) is 4.84 Å². The van der Waals surface area contributed by atoms with Gasteiger partial charge in [0.05, 0.1) is 17.3 Å². The van der Waals surface area contributed by atoms with Crippen molar-refractivity contribution in [1.29, 1.82) is 0 Å². The van der Waals surface area contributed by atoms with E-state index in [1.54, 1.807) is 5.06 Å². The van der Waals surface area contributed by atoms with Crippen molar-refractivity contribution in [3.8, 4) is 0 Å². The second-order valence-electron chi connectivity index (χ2n) is 9.58. The molecular weight excluding hydrogens is 454 g/mol. The van der Waals surface area contributed by atoms with Crippen LogP contribution < -0.4 is 10.4 Å². The minimum Gasteiger partial charge on any atom is -0.331 e. The highest BCUT2D eigenvalue weighted by atomic mass is 32.1. The SMILES string of the molecule is CCCCCN1CCC(c2[nH]nc3ccc(NC(=S)N(OC(C)CC)c4ccccc4)cc23)CC1. The summed E-state index contributed by atoms with van der Waals surface area (Å²) in [5.74, 6) is 0.513. The van der Waals surface area contributed by atoms with Crippen molar-refractivity contribution in [3.63, 3.8) is 0 Å². The topological polar surface area (TPSA) is 56.4 Å².